The van der Waals surface area contributed by atoms with Crippen LogP contribution in [0.1, 0.15) is 14.9 Å². The first-order valence-electron chi connectivity index (χ1n) is 1.40. The third-order valence-electron chi connectivity index (χ3n) is 0.232. The summed E-state index contributed by atoms with van der Waals surface area (Å²) < 4.78 is 3.93. The minimum atomic E-state index is -0.135. The van der Waals surface area contributed by atoms with E-state index in [9.17, 15) is 9.59 Å². The number of aldehydes is 1. The summed E-state index contributed by atoms with van der Waals surface area (Å²) >= 11 is 0. The Morgan fingerprint density at radius 1 is 1.25 bits per heavy atom. The highest BCUT2D eigenvalue weighted by Gasteiger charge is 1.70. The van der Waals surface area contributed by atoms with Gasteiger partial charge < -0.3 is 4.74 Å². The molecule has 8 heavy (non-hydrogen) atoms. The van der Waals surface area contributed by atoms with Crippen molar-refractivity contribution in [3.05, 3.63) is 0 Å². The average Bonchev–Trinajstić information content (AvgIpc) is 1.61. The lowest BCUT2D eigenvalue weighted by Gasteiger charge is -1.79. The summed E-state index contributed by atoms with van der Waals surface area (Å²) in [5, 5.41) is 0. The van der Waals surface area contributed by atoms with Gasteiger partial charge in [0.2, 0.25) is 0 Å². The van der Waals surface area contributed by atoms with Crippen molar-refractivity contribution < 1.29 is 14.3 Å². The minimum Gasteiger partial charge on any atom is -0.460 e. The van der Waals surface area contributed by atoms with E-state index in [1.54, 1.807) is 0 Å². The molecule has 50 valence electrons. The van der Waals surface area contributed by atoms with Crippen molar-refractivity contribution in [1.29, 1.82) is 0 Å². The van der Waals surface area contributed by atoms with Gasteiger partial charge in [-0.15, -0.1) is 0 Å². The molecule has 0 spiro atoms. The summed E-state index contributed by atoms with van der Waals surface area (Å²) in [6.07, 6.45) is 0.508. The van der Waals surface area contributed by atoms with Crippen LogP contribution in [0.5, 0.6) is 0 Å². The van der Waals surface area contributed by atoms with Gasteiger partial charge in [-0.2, -0.15) is 0 Å². The van der Waals surface area contributed by atoms with Crippen molar-refractivity contribution in [1.82, 2.24) is 0 Å². The van der Waals surface area contributed by atoms with Crippen LogP contribution in [-0.4, -0.2) is 19.4 Å². The van der Waals surface area contributed by atoms with E-state index in [1.165, 1.54) is 0 Å². The number of carbonyl (C=O) groups excluding carboxylic acids is 2. The van der Waals surface area contributed by atoms with E-state index in [0.717, 1.165) is 0 Å². The van der Waals surface area contributed by atoms with Gasteiger partial charge in [-0.25, -0.2) is 0 Å². The molecule has 3 nitrogen and oxygen atoms in total. The maximum Gasteiger partial charge on any atom is 0.293 e. The third kappa shape index (κ3) is 19.2. The molecule has 0 aliphatic rings. The molecule has 0 unspecified atom stereocenters. The zero-order chi connectivity index (χ0) is 4.83. The summed E-state index contributed by atoms with van der Waals surface area (Å²) in [6.45, 7) is 0.0951. The molecule has 0 aromatic heterocycles. The van der Waals surface area contributed by atoms with Gasteiger partial charge in [0, 0.05) is 0 Å². The second-order valence-corrected chi connectivity index (χ2v) is 0.596. The second kappa shape index (κ2) is 16.5. The van der Waals surface area contributed by atoms with Gasteiger partial charge in [0.25, 0.3) is 6.47 Å². The maximum absolute atomic E-state index is 9.28. The van der Waals surface area contributed by atoms with Gasteiger partial charge in [-0.05, 0) is 0 Å². The van der Waals surface area contributed by atoms with Gasteiger partial charge >= 0.3 is 0 Å². The predicted molar refractivity (Wildman–Crippen MR) is 31.5 cm³/mol. The number of hydrogen-bond donors (Lipinski definition) is 0. The van der Waals surface area contributed by atoms with Crippen LogP contribution >= 0.6 is 0 Å². The van der Waals surface area contributed by atoms with E-state index in [1.807, 2.05) is 0 Å². The molecule has 0 aromatic carbocycles. The van der Waals surface area contributed by atoms with Crippen molar-refractivity contribution in [2.75, 3.05) is 6.61 Å². The van der Waals surface area contributed by atoms with Crippen LogP contribution in [-0.2, 0) is 14.3 Å². The molecular formula is C5H12O3. The number of ether oxygens (including phenoxy) is 1. The van der Waals surface area contributed by atoms with E-state index in [4.69, 9.17) is 0 Å². The van der Waals surface area contributed by atoms with Gasteiger partial charge in [-0.1, -0.05) is 14.9 Å². The van der Waals surface area contributed by atoms with Gasteiger partial charge in [0.15, 0.2) is 6.29 Å². The standard InChI is InChI=1S/C3H4O3.2CH4/c4-1-2-6-3-5;;/h1,3H,2H2;2*1H4. The van der Waals surface area contributed by atoms with E-state index >= 15 is 0 Å². The molecule has 0 amide bonds. The van der Waals surface area contributed by atoms with Crippen molar-refractivity contribution in [3.63, 3.8) is 0 Å². The van der Waals surface area contributed by atoms with Crippen LogP contribution in [0.25, 0.3) is 0 Å². The van der Waals surface area contributed by atoms with E-state index in [0.29, 0.717) is 6.29 Å². The predicted octanol–water partition coefficient (Wildman–Crippen LogP) is 0.631. The molecule has 0 fully saturated rings. The highest BCUT2D eigenvalue weighted by molar-refractivity contribution is 5.53. The molecule has 0 N–H and O–H groups in total. The highest BCUT2D eigenvalue weighted by Crippen LogP contribution is 1.53. The quantitative estimate of drug-likeness (QED) is 0.405. The molecule has 0 radical (unpaired) electrons. The average molecular weight is 120 g/mol. The van der Waals surface area contributed by atoms with Crippen LogP contribution in [0.15, 0.2) is 0 Å². The lowest BCUT2D eigenvalue weighted by Crippen LogP contribution is -1.89. The minimum absolute atomic E-state index is 0. The Morgan fingerprint density at radius 3 is 1.88 bits per heavy atom. The second-order valence-electron chi connectivity index (χ2n) is 0.596. The van der Waals surface area contributed by atoms with Crippen LogP contribution in [0.2, 0.25) is 0 Å². The summed E-state index contributed by atoms with van der Waals surface area (Å²) in [4.78, 5) is 18.5. The SMILES string of the molecule is C.C.O=CCOC=O. The molecule has 0 saturated carbocycles. The van der Waals surface area contributed by atoms with Crippen LogP contribution < -0.4 is 0 Å². The summed E-state index contributed by atoms with van der Waals surface area (Å²) in [6, 6.07) is 0. The summed E-state index contributed by atoms with van der Waals surface area (Å²) in [5.74, 6) is 0. The normalized spacial score (nSPS) is 5.00. The lowest BCUT2D eigenvalue weighted by atomic mass is 10.8. The topological polar surface area (TPSA) is 43.4 Å². The van der Waals surface area contributed by atoms with Crippen molar-refractivity contribution in [2.45, 2.75) is 14.9 Å². The molecule has 0 heterocycles. The molecule has 0 aliphatic heterocycles. The van der Waals surface area contributed by atoms with Crippen molar-refractivity contribution >= 4 is 12.8 Å². The van der Waals surface area contributed by atoms with Crippen LogP contribution in [0.4, 0.5) is 0 Å². The van der Waals surface area contributed by atoms with E-state index < -0.39 is 0 Å². The fourth-order valence-electron chi connectivity index (χ4n) is 0.0786. The highest BCUT2D eigenvalue weighted by atomic mass is 16.5. The van der Waals surface area contributed by atoms with E-state index in [2.05, 4.69) is 4.74 Å². The molecule has 0 bridgehead atoms. The Morgan fingerprint density at radius 2 is 1.75 bits per heavy atom. The Kier molecular flexibility index (Phi) is 32.3. The van der Waals surface area contributed by atoms with Gasteiger partial charge in [0.05, 0.1) is 0 Å². The number of hydrogen-bond acceptors (Lipinski definition) is 3. The van der Waals surface area contributed by atoms with Gasteiger partial charge in [0.1, 0.15) is 6.61 Å². The Hall–Kier alpha value is -0.860. The van der Waals surface area contributed by atoms with Gasteiger partial charge in [-0.3, -0.25) is 9.59 Å². The maximum atomic E-state index is 9.28. The Labute approximate surface area is 49.6 Å². The first kappa shape index (κ1) is 15.7. The van der Waals surface area contributed by atoms with Crippen LogP contribution in [0, 0.1) is 0 Å². The largest absolute Gasteiger partial charge is 0.460 e. The fourth-order valence-corrected chi connectivity index (χ4v) is 0.0786. The molecule has 0 aliphatic carbocycles. The Balaban J connectivity index is -0.000000125. The first-order valence-corrected chi connectivity index (χ1v) is 1.40. The number of rotatable bonds is 3. The first-order chi connectivity index (χ1) is 2.91. The summed E-state index contributed by atoms with van der Waals surface area (Å²) in [7, 11) is 0. The fraction of sp³-hybridized carbons (Fsp3) is 0.600. The molecule has 0 aromatic rings. The molecule has 0 rings (SSSR count). The zero-order valence-electron chi connectivity index (χ0n) is 3.09. The smallest absolute Gasteiger partial charge is 0.293 e. The lowest BCUT2D eigenvalue weighted by molar-refractivity contribution is -0.132. The van der Waals surface area contributed by atoms with E-state index in [-0.39, 0.29) is 27.9 Å². The van der Waals surface area contributed by atoms with Crippen molar-refractivity contribution in [3.8, 4) is 0 Å². The molecule has 0 saturated heterocycles. The zero-order valence-corrected chi connectivity index (χ0v) is 3.09. The molecular weight excluding hydrogens is 108 g/mol. The summed E-state index contributed by atoms with van der Waals surface area (Å²) in [5.41, 5.74) is 0. The van der Waals surface area contributed by atoms with Crippen molar-refractivity contribution in [2.24, 2.45) is 0 Å². The molecule has 3 heteroatoms. The Bertz CT molecular complexity index is 43.6. The third-order valence-corrected chi connectivity index (χ3v) is 0.232. The van der Waals surface area contributed by atoms with Crippen LogP contribution in [0.3, 0.4) is 0 Å². The molecule has 0 atom stereocenters. The number of carbonyl (C=O) groups is 2. The monoisotopic (exact) mass is 120 g/mol.